The van der Waals surface area contributed by atoms with Crippen LogP contribution >= 0.6 is 0 Å². The SMILES string of the molecule is CC1CCN(S(=O)(=O)NC2(C(=O)O)CCCCC2C)CC1. The fourth-order valence-electron chi connectivity index (χ4n) is 3.38. The molecule has 2 atom stereocenters. The molecule has 0 aromatic heterocycles. The highest BCUT2D eigenvalue weighted by Crippen LogP contribution is 2.35. The molecule has 0 aromatic carbocycles. The topological polar surface area (TPSA) is 86.7 Å². The number of carbonyl (C=O) groups is 1. The van der Waals surface area contributed by atoms with Crippen LogP contribution in [0.4, 0.5) is 0 Å². The number of rotatable bonds is 4. The van der Waals surface area contributed by atoms with Crippen LogP contribution in [0, 0.1) is 11.8 Å². The van der Waals surface area contributed by atoms with Crippen molar-refractivity contribution in [3.05, 3.63) is 0 Å². The molecule has 2 rings (SSSR count). The monoisotopic (exact) mass is 318 g/mol. The van der Waals surface area contributed by atoms with Gasteiger partial charge in [-0.1, -0.05) is 26.7 Å². The van der Waals surface area contributed by atoms with Gasteiger partial charge in [0.25, 0.3) is 10.2 Å². The molecule has 0 amide bonds. The molecule has 1 heterocycles. The second-order valence-electron chi connectivity index (χ2n) is 6.61. The van der Waals surface area contributed by atoms with Crippen LogP contribution in [0.5, 0.6) is 0 Å². The lowest BCUT2D eigenvalue weighted by Gasteiger charge is -2.41. The van der Waals surface area contributed by atoms with Crippen LogP contribution in [0.15, 0.2) is 0 Å². The van der Waals surface area contributed by atoms with Crippen molar-refractivity contribution in [3.63, 3.8) is 0 Å². The van der Waals surface area contributed by atoms with E-state index in [9.17, 15) is 18.3 Å². The minimum atomic E-state index is -3.74. The first-order chi connectivity index (χ1) is 9.78. The number of carboxylic acids is 1. The Morgan fingerprint density at radius 1 is 1.19 bits per heavy atom. The molecular weight excluding hydrogens is 292 g/mol. The van der Waals surface area contributed by atoms with Crippen LogP contribution < -0.4 is 4.72 Å². The first kappa shape index (κ1) is 16.7. The Morgan fingerprint density at radius 2 is 1.81 bits per heavy atom. The molecule has 0 spiro atoms. The van der Waals surface area contributed by atoms with Gasteiger partial charge >= 0.3 is 5.97 Å². The molecular formula is C14H26N2O4S. The molecule has 0 aromatic rings. The maximum Gasteiger partial charge on any atom is 0.325 e. The van der Waals surface area contributed by atoms with Gasteiger partial charge in [0.2, 0.25) is 0 Å². The number of carboxylic acid groups (broad SMARTS) is 1. The van der Waals surface area contributed by atoms with Gasteiger partial charge in [0, 0.05) is 13.1 Å². The van der Waals surface area contributed by atoms with Gasteiger partial charge in [-0.25, -0.2) is 0 Å². The molecule has 6 nitrogen and oxygen atoms in total. The van der Waals surface area contributed by atoms with Crippen LogP contribution in [0.3, 0.4) is 0 Å². The average Bonchev–Trinajstić information content (AvgIpc) is 2.41. The van der Waals surface area contributed by atoms with Gasteiger partial charge in [-0.2, -0.15) is 17.4 Å². The van der Waals surface area contributed by atoms with E-state index < -0.39 is 21.7 Å². The standard InChI is InChI=1S/C14H26N2O4S/c1-11-6-9-16(10-7-11)21(19,20)15-14(13(17)18)8-4-3-5-12(14)2/h11-12,15H,3-10H2,1-2H3,(H,17,18). The van der Waals surface area contributed by atoms with Gasteiger partial charge in [0.15, 0.2) is 0 Å². The van der Waals surface area contributed by atoms with E-state index in [0.717, 1.165) is 32.1 Å². The van der Waals surface area contributed by atoms with E-state index in [0.29, 0.717) is 25.4 Å². The normalized spacial score (nSPS) is 33.0. The number of hydrogen-bond acceptors (Lipinski definition) is 3. The average molecular weight is 318 g/mol. The number of nitrogens with one attached hydrogen (secondary N) is 1. The molecule has 0 bridgehead atoms. The summed E-state index contributed by atoms with van der Waals surface area (Å²) < 4.78 is 29.1. The van der Waals surface area contributed by atoms with Crippen molar-refractivity contribution in [2.75, 3.05) is 13.1 Å². The Hall–Kier alpha value is -0.660. The predicted molar refractivity (Wildman–Crippen MR) is 80.0 cm³/mol. The van der Waals surface area contributed by atoms with Gasteiger partial charge in [-0.3, -0.25) is 4.79 Å². The van der Waals surface area contributed by atoms with E-state index in [1.54, 1.807) is 0 Å². The maximum atomic E-state index is 12.6. The third-order valence-electron chi connectivity index (χ3n) is 5.07. The largest absolute Gasteiger partial charge is 0.480 e. The van der Waals surface area contributed by atoms with Crippen molar-refractivity contribution in [2.24, 2.45) is 11.8 Å². The fraction of sp³-hybridized carbons (Fsp3) is 0.929. The highest BCUT2D eigenvalue weighted by atomic mass is 32.2. The number of aliphatic carboxylic acids is 1. The zero-order chi connectivity index (χ0) is 15.7. The van der Waals surface area contributed by atoms with E-state index in [2.05, 4.69) is 11.6 Å². The Labute approximate surface area is 127 Å². The van der Waals surface area contributed by atoms with Gasteiger partial charge < -0.3 is 5.11 Å². The summed E-state index contributed by atoms with van der Waals surface area (Å²) >= 11 is 0. The molecule has 1 aliphatic carbocycles. The first-order valence-electron chi connectivity index (χ1n) is 7.80. The Balaban J connectivity index is 2.18. The Morgan fingerprint density at radius 3 is 2.33 bits per heavy atom. The smallest absolute Gasteiger partial charge is 0.325 e. The lowest BCUT2D eigenvalue weighted by Crippen LogP contribution is -2.62. The van der Waals surface area contributed by atoms with E-state index in [1.807, 2.05) is 6.92 Å². The van der Waals surface area contributed by atoms with E-state index in [1.165, 1.54) is 4.31 Å². The zero-order valence-electron chi connectivity index (χ0n) is 12.8. The summed E-state index contributed by atoms with van der Waals surface area (Å²) in [4.78, 5) is 11.8. The van der Waals surface area contributed by atoms with Crippen molar-refractivity contribution in [1.82, 2.24) is 9.03 Å². The van der Waals surface area contributed by atoms with Crippen molar-refractivity contribution in [2.45, 2.75) is 57.9 Å². The molecule has 2 N–H and O–H groups in total. The molecule has 7 heteroatoms. The van der Waals surface area contributed by atoms with Crippen LogP contribution in [0.1, 0.15) is 52.4 Å². The summed E-state index contributed by atoms with van der Waals surface area (Å²) in [6.45, 7) is 4.88. The molecule has 2 unspecified atom stereocenters. The Bertz CT molecular complexity index is 485. The lowest BCUT2D eigenvalue weighted by molar-refractivity contribution is -0.147. The summed E-state index contributed by atoms with van der Waals surface area (Å²) in [5.74, 6) is -0.718. The second-order valence-corrected chi connectivity index (χ2v) is 8.28. The summed E-state index contributed by atoms with van der Waals surface area (Å²) in [7, 11) is -3.74. The highest BCUT2D eigenvalue weighted by Gasteiger charge is 2.49. The maximum absolute atomic E-state index is 12.6. The lowest BCUT2D eigenvalue weighted by atomic mass is 9.74. The van der Waals surface area contributed by atoms with Gasteiger partial charge in [0.05, 0.1) is 0 Å². The van der Waals surface area contributed by atoms with Gasteiger partial charge in [0.1, 0.15) is 5.54 Å². The molecule has 1 saturated heterocycles. The van der Waals surface area contributed by atoms with Crippen LogP contribution in [-0.4, -0.2) is 42.4 Å². The second kappa shape index (κ2) is 6.22. The molecule has 1 saturated carbocycles. The quantitative estimate of drug-likeness (QED) is 0.824. The molecule has 21 heavy (non-hydrogen) atoms. The first-order valence-corrected chi connectivity index (χ1v) is 9.24. The number of hydrogen-bond donors (Lipinski definition) is 2. The van der Waals surface area contributed by atoms with Gasteiger partial charge in [-0.15, -0.1) is 0 Å². The van der Waals surface area contributed by atoms with Crippen LogP contribution in [0.2, 0.25) is 0 Å². The van der Waals surface area contributed by atoms with Crippen LogP contribution in [-0.2, 0) is 15.0 Å². The third kappa shape index (κ3) is 3.40. The zero-order valence-corrected chi connectivity index (χ0v) is 13.7. The third-order valence-corrected chi connectivity index (χ3v) is 6.74. The summed E-state index contributed by atoms with van der Waals surface area (Å²) in [5.41, 5.74) is -1.35. The van der Waals surface area contributed by atoms with Crippen LogP contribution in [0.25, 0.3) is 0 Å². The summed E-state index contributed by atoms with van der Waals surface area (Å²) in [6.07, 6.45) is 4.47. The number of nitrogens with zero attached hydrogens (tertiary/aromatic N) is 1. The molecule has 122 valence electrons. The molecule has 2 aliphatic rings. The van der Waals surface area contributed by atoms with E-state index >= 15 is 0 Å². The van der Waals surface area contributed by atoms with Gasteiger partial charge in [-0.05, 0) is 37.5 Å². The van der Waals surface area contributed by atoms with Crippen molar-refractivity contribution < 1.29 is 18.3 Å². The van der Waals surface area contributed by atoms with E-state index in [-0.39, 0.29) is 5.92 Å². The minimum absolute atomic E-state index is 0.192. The predicted octanol–water partition coefficient (Wildman–Crippen LogP) is 1.59. The van der Waals surface area contributed by atoms with E-state index in [4.69, 9.17) is 0 Å². The minimum Gasteiger partial charge on any atom is -0.480 e. The molecule has 0 radical (unpaired) electrons. The number of piperidine rings is 1. The highest BCUT2D eigenvalue weighted by molar-refractivity contribution is 7.87. The fourth-order valence-corrected chi connectivity index (χ4v) is 5.05. The molecule has 2 fully saturated rings. The van der Waals surface area contributed by atoms with Crippen molar-refractivity contribution in [1.29, 1.82) is 0 Å². The van der Waals surface area contributed by atoms with Crippen molar-refractivity contribution >= 4 is 16.2 Å². The summed E-state index contributed by atoms with van der Waals surface area (Å²) in [6, 6.07) is 0. The summed E-state index contributed by atoms with van der Waals surface area (Å²) in [5, 5.41) is 9.62. The molecule has 1 aliphatic heterocycles. The van der Waals surface area contributed by atoms with Crippen molar-refractivity contribution in [3.8, 4) is 0 Å². The Kier molecular flexibility index (Phi) is 4.95.